The number of allylic oxidation sites excluding steroid dienone is 1. The molecule has 1 unspecified atom stereocenters. The maximum atomic E-state index is 14.1. The Hall–Kier alpha value is -1.63. The molecular weight excluding hydrogens is 420 g/mol. The van der Waals surface area contributed by atoms with Gasteiger partial charge in [0.15, 0.2) is 0 Å². The Balaban J connectivity index is 2.02. The average Bonchev–Trinajstić information content (AvgIpc) is 3.00. The first kappa shape index (κ1) is 20.1. The van der Waals surface area contributed by atoms with Crippen LogP contribution in [-0.2, 0) is 4.75 Å². The van der Waals surface area contributed by atoms with Gasteiger partial charge in [0.05, 0.1) is 5.56 Å². The Labute approximate surface area is 168 Å². The molecule has 1 atom stereocenters. The van der Waals surface area contributed by atoms with E-state index in [9.17, 15) is 18.0 Å². The van der Waals surface area contributed by atoms with E-state index < -0.39 is 16.9 Å². The van der Waals surface area contributed by atoms with E-state index in [0.717, 1.165) is 0 Å². The van der Waals surface area contributed by atoms with Crippen molar-refractivity contribution in [2.24, 2.45) is 0 Å². The summed E-state index contributed by atoms with van der Waals surface area (Å²) in [5.41, 5.74) is 1.63. The smallest absolute Gasteiger partial charge is 0.407 e. The number of thioether (sulfide) groups is 1. The lowest BCUT2D eigenvalue weighted by Gasteiger charge is -2.32. The Kier molecular flexibility index (Phi) is 5.27. The first-order valence-corrected chi connectivity index (χ1v) is 9.41. The van der Waals surface area contributed by atoms with Crippen LogP contribution in [0.15, 0.2) is 41.8 Å². The highest BCUT2D eigenvalue weighted by atomic mass is 35.5. The molecule has 0 spiro atoms. The van der Waals surface area contributed by atoms with E-state index in [4.69, 9.17) is 28.3 Å². The van der Waals surface area contributed by atoms with Gasteiger partial charge < -0.3 is 5.11 Å². The molecule has 142 valence electrons. The van der Waals surface area contributed by atoms with Crippen LogP contribution in [0, 0.1) is 6.92 Å². The quantitative estimate of drug-likeness (QED) is 0.570. The molecule has 0 aliphatic carbocycles. The van der Waals surface area contributed by atoms with Crippen molar-refractivity contribution < 1.29 is 23.1 Å². The molecule has 1 aliphatic heterocycles. The summed E-state index contributed by atoms with van der Waals surface area (Å²) in [7, 11) is 0. The predicted octanol–water partition coefficient (Wildman–Crippen LogP) is 6.94. The third-order valence-electron chi connectivity index (χ3n) is 4.46. The van der Waals surface area contributed by atoms with Gasteiger partial charge >= 0.3 is 12.1 Å². The molecule has 2 nitrogen and oxygen atoms in total. The summed E-state index contributed by atoms with van der Waals surface area (Å²) in [5.74, 6) is -1.08. The first-order valence-electron chi connectivity index (χ1n) is 7.78. The third kappa shape index (κ3) is 3.71. The lowest BCUT2D eigenvalue weighted by molar-refractivity contribution is -0.160. The van der Waals surface area contributed by atoms with Crippen LogP contribution in [-0.4, -0.2) is 17.3 Å². The number of carboxylic acids is 1. The molecular formula is C19H13Cl2F3O2S. The average molecular weight is 433 g/mol. The van der Waals surface area contributed by atoms with Crippen LogP contribution in [0.4, 0.5) is 13.2 Å². The largest absolute Gasteiger partial charge is 0.478 e. The van der Waals surface area contributed by atoms with Gasteiger partial charge in [-0.3, -0.25) is 0 Å². The fourth-order valence-corrected chi connectivity index (χ4v) is 4.80. The lowest BCUT2D eigenvalue weighted by Crippen LogP contribution is -2.37. The third-order valence-corrected chi connectivity index (χ3v) is 6.31. The molecule has 0 fully saturated rings. The summed E-state index contributed by atoms with van der Waals surface area (Å²) in [6.45, 7) is 1.61. The summed E-state index contributed by atoms with van der Waals surface area (Å²) >= 11 is 12.5. The second-order valence-corrected chi connectivity index (χ2v) is 8.30. The zero-order chi connectivity index (χ0) is 20.0. The molecule has 8 heteroatoms. The van der Waals surface area contributed by atoms with Crippen LogP contribution in [0.1, 0.15) is 33.5 Å². The van der Waals surface area contributed by atoms with E-state index in [0.29, 0.717) is 28.5 Å². The van der Waals surface area contributed by atoms with Crippen molar-refractivity contribution >= 4 is 46.5 Å². The summed E-state index contributed by atoms with van der Waals surface area (Å²) < 4.78 is 40.1. The fourth-order valence-electron chi connectivity index (χ4n) is 3.08. The van der Waals surface area contributed by atoms with Gasteiger partial charge in [0.2, 0.25) is 0 Å². The summed E-state index contributed by atoms with van der Waals surface area (Å²) in [6, 6.07) is 8.47. The Bertz CT molecular complexity index is 936. The second-order valence-electron chi connectivity index (χ2n) is 6.26. The minimum atomic E-state index is -4.54. The van der Waals surface area contributed by atoms with E-state index in [1.165, 1.54) is 35.7 Å². The molecule has 0 saturated heterocycles. The van der Waals surface area contributed by atoms with Gasteiger partial charge in [-0.2, -0.15) is 13.2 Å². The standard InChI is InChI=1S/C19H13Cl2F3O2S/c1-10-4-11(2-3-16(10)17(25)26)12-8-18(27-9-12,19(22,23)24)13-5-14(20)7-15(21)6-13/h2-7,9H,8H2,1H3,(H,25,26). The van der Waals surface area contributed by atoms with Gasteiger partial charge in [0.25, 0.3) is 0 Å². The van der Waals surface area contributed by atoms with Crippen molar-refractivity contribution in [3.05, 3.63) is 74.1 Å². The highest BCUT2D eigenvalue weighted by Crippen LogP contribution is 2.60. The van der Waals surface area contributed by atoms with Crippen molar-refractivity contribution in [2.45, 2.75) is 24.3 Å². The highest BCUT2D eigenvalue weighted by Gasteiger charge is 2.58. The van der Waals surface area contributed by atoms with Crippen molar-refractivity contribution in [2.75, 3.05) is 0 Å². The Morgan fingerprint density at radius 1 is 1.15 bits per heavy atom. The molecule has 0 amide bonds. The number of aromatic carboxylic acids is 1. The number of hydrogen-bond donors (Lipinski definition) is 1. The molecule has 0 bridgehead atoms. The molecule has 0 radical (unpaired) electrons. The summed E-state index contributed by atoms with van der Waals surface area (Å²) in [4.78, 5) is 11.1. The number of carboxylic acid groups (broad SMARTS) is 1. The van der Waals surface area contributed by atoms with Crippen LogP contribution < -0.4 is 0 Å². The first-order chi connectivity index (χ1) is 12.5. The number of benzene rings is 2. The van der Waals surface area contributed by atoms with Gasteiger partial charge in [-0.25, -0.2) is 4.79 Å². The molecule has 2 aromatic carbocycles. The molecule has 1 aliphatic rings. The van der Waals surface area contributed by atoms with Crippen LogP contribution >= 0.6 is 35.0 Å². The van der Waals surface area contributed by atoms with Crippen molar-refractivity contribution in [1.29, 1.82) is 0 Å². The second kappa shape index (κ2) is 7.08. The molecule has 2 aromatic rings. The Morgan fingerprint density at radius 3 is 2.30 bits per heavy atom. The molecule has 1 heterocycles. The van der Waals surface area contributed by atoms with Crippen LogP contribution in [0.2, 0.25) is 10.0 Å². The minimum Gasteiger partial charge on any atom is -0.478 e. The number of rotatable bonds is 3. The van der Waals surface area contributed by atoms with Crippen molar-refractivity contribution in [3.8, 4) is 0 Å². The van der Waals surface area contributed by atoms with E-state index in [-0.39, 0.29) is 27.6 Å². The topological polar surface area (TPSA) is 37.3 Å². The molecule has 1 N–H and O–H groups in total. The molecule has 0 saturated carbocycles. The SMILES string of the molecule is Cc1cc(C2=CSC(c3cc(Cl)cc(Cl)c3)(C(F)(F)F)C2)ccc1C(=O)O. The van der Waals surface area contributed by atoms with Crippen molar-refractivity contribution in [3.63, 3.8) is 0 Å². The number of alkyl halides is 3. The van der Waals surface area contributed by atoms with Gasteiger partial charge in [0.1, 0.15) is 4.75 Å². The summed E-state index contributed by atoms with van der Waals surface area (Å²) in [5, 5.41) is 10.9. The minimum absolute atomic E-state index is 0.0115. The number of aryl methyl sites for hydroxylation is 1. The van der Waals surface area contributed by atoms with E-state index in [1.807, 2.05) is 0 Å². The highest BCUT2D eigenvalue weighted by molar-refractivity contribution is 8.03. The van der Waals surface area contributed by atoms with Crippen molar-refractivity contribution in [1.82, 2.24) is 0 Å². The maximum absolute atomic E-state index is 14.1. The predicted molar refractivity (Wildman–Crippen MR) is 103 cm³/mol. The monoisotopic (exact) mass is 432 g/mol. The van der Waals surface area contributed by atoms with Gasteiger partial charge in [-0.15, -0.1) is 11.8 Å². The lowest BCUT2D eigenvalue weighted by atomic mass is 9.88. The molecule has 3 rings (SSSR count). The number of halogens is 5. The zero-order valence-corrected chi connectivity index (χ0v) is 16.2. The number of hydrogen-bond acceptors (Lipinski definition) is 2. The fraction of sp³-hybridized carbons (Fsp3) is 0.211. The molecule has 0 aromatic heterocycles. The Morgan fingerprint density at radius 2 is 1.78 bits per heavy atom. The van der Waals surface area contributed by atoms with Gasteiger partial charge in [-0.1, -0.05) is 35.3 Å². The van der Waals surface area contributed by atoms with E-state index >= 15 is 0 Å². The normalized spacial score (nSPS) is 19.9. The van der Waals surface area contributed by atoms with E-state index in [2.05, 4.69) is 0 Å². The molecule has 27 heavy (non-hydrogen) atoms. The van der Waals surface area contributed by atoms with Crippen LogP contribution in [0.5, 0.6) is 0 Å². The maximum Gasteiger partial charge on any atom is 0.407 e. The summed E-state index contributed by atoms with van der Waals surface area (Å²) in [6.07, 6.45) is -4.84. The van der Waals surface area contributed by atoms with Crippen LogP contribution in [0.3, 0.4) is 0 Å². The van der Waals surface area contributed by atoms with E-state index in [1.54, 1.807) is 13.0 Å². The zero-order valence-electron chi connectivity index (χ0n) is 13.9. The van der Waals surface area contributed by atoms with Gasteiger partial charge in [-0.05, 0) is 58.9 Å². The van der Waals surface area contributed by atoms with Crippen LogP contribution in [0.25, 0.3) is 5.57 Å². The van der Waals surface area contributed by atoms with Gasteiger partial charge in [0, 0.05) is 16.5 Å². The number of carbonyl (C=O) groups is 1.